The van der Waals surface area contributed by atoms with Crippen LogP contribution in [0.4, 0.5) is 0 Å². The second-order valence-electron chi connectivity index (χ2n) is 7.56. The maximum absolute atomic E-state index is 13.8. The zero-order chi connectivity index (χ0) is 22.8. The van der Waals surface area contributed by atoms with E-state index in [1.54, 1.807) is 0 Å². The Hall–Kier alpha value is -2.26. The second-order valence-corrected chi connectivity index (χ2v) is 10.9. The Bertz CT molecular complexity index is 1040. The van der Waals surface area contributed by atoms with Crippen LogP contribution in [0.5, 0.6) is 0 Å². The molecule has 3 aromatic rings. The van der Waals surface area contributed by atoms with Gasteiger partial charge in [-0.15, -0.1) is 0 Å². The van der Waals surface area contributed by atoms with Crippen molar-refractivity contribution in [1.29, 1.82) is 0 Å². The van der Waals surface area contributed by atoms with Crippen molar-refractivity contribution in [2.45, 2.75) is 31.5 Å². The van der Waals surface area contributed by atoms with Gasteiger partial charge in [0.05, 0.1) is 0 Å². The van der Waals surface area contributed by atoms with Crippen LogP contribution >= 0.6 is 15.9 Å². The summed E-state index contributed by atoms with van der Waals surface area (Å²) in [4.78, 5) is 26.8. The van der Waals surface area contributed by atoms with Crippen LogP contribution in [0.15, 0.2) is 89.4 Å². The maximum atomic E-state index is 13.8. The molecule has 0 bridgehead atoms. The first kappa shape index (κ1) is 24.4. The molecule has 1 atom stereocenters. The van der Waals surface area contributed by atoms with Crippen molar-refractivity contribution in [2.24, 2.45) is 5.92 Å². The van der Waals surface area contributed by atoms with Crippen LogP contribution < -0.4 is 4.46 Å². The molecule has 4 heteroatoms. The van der Waals surface area contributed by atoms with Gasteiger partial charge >= 0.3 is 206 Å². The second kappa shape index (κ2) is 12.7. The van der Waals surface area contributed by atoms with Crippen LogP contribution in [0.25, 0.3) is 11.6 Å². The van der Waals surface area contributed by atoms with Crippen LogP contribution in [0.1, 0.15) is 37.3 Å². The van der Waals surface area contributed by atoms with Crippen LogP contribution in [0.2, 0.25) is 5.32 Å². The van der Waals surface area contributed by atoms with Crippen LogP contribution in [0, 0.1) is 5.92 Å². The first-order chi connectivity index (χ1) is 15.6. The fourth-order valence-corrected chi connectivity index (χ4v) is 5.73. The monoisotopic (exact) mass is 554 g/mol. The Kier molecular flexibility index (Phi) is 9.67. The van der Waals surface area contributed by atoms with E-state index >= 15 is 0 Å². The molecule has 2 nitrogen and oxygen atoms in total. The van der Waals surface area contributed by atoms with E-state index in [1.807, 2.05) is 85.8 Å². The van der Waals surface area contributed by atoms with E-state index < -0.39 is 5.92 Å². The van der Waals surface area contributed by atoms with E-state index in [0.717, 1.165) is 27.3 Å². The molecule has 0 aromatic heterocycles. The molecular weight excluding hydrogens is 527 g/mol. The fourth-order valence-electron chi connectivity index (χ4n) is 3.50. The standard InChI is InChI=1S/C28H27BrO2Se/c1-2-9-27(30)25(18-19-32-24-12-7-4-8-13-24)28(31)26(22-10-5-3-6-11-22)20-21-14-16-23(29)17-15-21/h3-8,10-17,20,25H,2,9,18-19H2,1H3/b26-20+. The molecule has 0 saturated carbocycles. The number of benzene rings is 3. The first-order valence-corrected chi connectivity index (χ1v) is 13.7. The van der Waals surface area contributed by atoms with E-state index in [-0.39, 0.29) is 26.5 Å². The number of carbonyl (C=O) groups is 2. The molecule has 0 fully saturated rings. The summed E-state index contributed by atoms with van der Waals surface area (Å²) in [6.07, 6.45) is 3.70. The molecule has 0 N–H and O–H groups in total. The average molecular weight is 554 g/mol. The zero-order valence-electron chi connectivity index (χ0n) is 18.2. The van der Waals surface area contributed by atoms with E-state index in [4.69, 9.17) is 0 Å². The van der Waals surface area contributed by atoms with Gasteiger partial charge < -0.3 is 0 Å². The minimum atomic E-state index is -0.595. The fraction of sp³-hybridized carbons (Fsp3) is 0.214. The summed E-state index contributed by atoms with van der Waals surface area (Å²) >= 11 is 3.71. The number of ketones is 2. The van der Waals surface area contributed by atoms with Gasteiger partial charge in [-0.1, -0.05) is 0 Å². The Balaban J connectivity index is 1.89. The summed E-state index contributed by atoms with van der Waals surface area (Å²) in [7, 11) is 0. The van der Waals surface area contributed by atoms with Crippen molar-refractivity contribution in [3.8, 4) is 0 Å². The number of halogens is 1. The van der Waals surface area contributed by atoms with Gasteiger partial charge in [-0.3, -0.25) is 0 Å². The van der Waals surface area contributed by atoms with Crippen molar-refractivity contribution in [2.75, 3.05) is 0 Å². The number of Topliss-reactive ketones (excluding diaryl/α,β-unsaturated/α-hetero) is 2. The SMILES string of the molecule is CCCC(=O)C(CC[Se]c1ccccc1)C(=O)/C(=C/c1ccc(Br)cc1)c1ccccc1. The molecule has 1 unspecified atom stereocenters. The number of hydrogen-bond acceptors (Lipinski definition) is 2. The Morgan fingerprint density at radius 3 is 2.16 bits per heavy atom. The summed E-state index contributed by atoms with van der Waals surface area (Å²) < 4.78 is 2.28. The Labute approximate surface area is 205 Å². The minimum absolute atomic E-state index is 0.0546. The van der Waals surface area contributed by atoms with Gasteiger partial charge in [0.25, 0.3) is 0 Å². The molecule has 32 heavy (non-hydrogen) atoms. The molecule has 3 aromatic carbocycles. The van der Waals surface area contributed by atoms with Crippen LogP contribution in [-0.4, -0.2) is 26.5 Å². The van der Waals surface area contributed by atoms with E-state index in [0.29, 0.717) is 18.4 Å². The summed E-state index contributed by atoms with van der Waals surface area (Å²) in [6, 6.07) is 27.9. The third-order valence-corrected chi connectivity index (χ3v) is 7.87. The number of carbonyl (C=O) groups excluding carboxylic acids is 2. The van der Waals surface area contributed by atoms with Gasteiger partial charge in [0.15, 0.2) is 0 Å². The van der Waals surface area contributed by atoms with Gasteiger partial charge in [-0.25, -0.2) is 0 Å². The topological polar surface area (TPSA) is 34.1 Å². The van der Waals surface area contributed by atoms with Crippen molar-refractivity contribution in [3.05, 3.63) is 101 Å². The molecule has 0 aliphatic heterocycles. The van der Waals surface area contributed by atoms with Crippen LogP contribution in [0.3, 0.4) is 0 Å². The number of rotatable bonds is 11. The molecule has 0 radical (unpaired) electrons. The van der Waals surface area contributed by atoms with E-state index in [1.165, 1.54) is 4.46 Å². The molecule has 0 aliphatic rings. The van der Waals surface area contributed by atoms with Gasteiger partial charge in [0, 0.05) is 0 Å². The third-order valence-electron chi connectivity index (χ3n) is 5.15. The van der Waals surface area contributed by atoms with Gasteiger partial charge in [-0.05, 0) is 0 Å². The molecule has 164 valence electrons. The number of hydrogen-bond donors (Lipinski definition) is 0. The summed E-state index contributed by atoms with van der Waals surface area (Å²) in [5.41, 5.74) is 2.40. The van der Waals surface area contributed by atoms with Crippen LogP contribution in [-0.2, 0) is 9.59 Å². The number of allylic oxidation sites excluding steroid dienone is 1. The molecule has 0 spiro atoms. The van der Waals surface area contributed by atoms with Gasteiger partial charge in [0.1, 0.15) is 0 Å². The van der Waals surface area contributed by atoms with Crippen molar-refractivity contribution < 1.29 is 9.59 Å². The Morgan fingerprint density at radius 2 is 1.53 bits per heavy atom. The molecule has 0 amide bonds. The molecule has 0 aliphatic carbocycles. The molecule has 3 rings (SSSR count). The van der Waals surface area contributed by atoms with Gasteiger partial charge in [0.2, 0.25) is 0 Å². The first-order valence-electron chi connectivity index (χ1n) is 10.9. The zero-order valence-corrected chi connectivity index (χ0v) is 21.5. The van der Waals surface area contributed by atoms with Gasteiger partial charge in [-0.2, -0.15) is 0 Å². The van der Waals surface area contributed by atoms with Crippen molar-refractivity contribution in [3.63, 3.8) is 0 Å². The molecule has 0 saturated heterocycles. The Morgan fingerprint density at radius 1 is 0.906 bits per heavy atom. The van der Waals surface area contributed by atoms with E-state index in [2.05, 4.69) is 28.1 Å². The average Bonchev–Trinajstić information content (AvgIpc) is 2.82. The summed E-state index contributed by atoms with van der Waals surface area (Å²) in [5, 5.41) is 0.864. The summed E-state index contributed by atoms with van der Waals surface area (Å²) in [5.74, 6) is -0.608. The quantitative estimate of drug-likeness (QED) is 0.119. The molecular formula is C28H27BrO2Se. The third kappa shape index (κ3) is 7.13. The normalized spacial score (nSPS) is 12.4. The molecule has 0 heterocycles. The van der Waals surface area contributed by atoms with E-state index in [9.17, 15) is 9.59 Å². The predicted molar refractivity (Wildman–Crippen MR) is 138 cm³/mol. The summed E-state index contributed by atoms with van der Waals surface area (Å²) in [6.45, 7) is 1.99. The van der Waals surface area contributed by atoms with Crippen molar-refractivity contribution in [1.82, 2.24) is 0 Å². The predicted octanol–water partition coefficient (Wildman–Crippen LogP) is 6.38. The van der Waals surface area contributed by atoms with Crippen molar-refractivity contribution >= 4 is 58.6 Å².